The lowest BCUT2D eigenvalue weighted by Gasteiger charge is -2.31. The summed E-state index contributed by atoms with van der Waals surface area (Å²) in [6, 6.07) is -0.629. The third-order valence-electron chi connectivity index (χ3n) is 7.50. The number of rotatable bonds is 7. The lowest BCUT2D eigenvalue weighted by atomic mass is 9.81. The zero-order valence-corrected chi connectivity index (χ0v) is 23.2. The molecule has 1 spiro atoms. The summed E-state index contributed by atoms with van der Waals surface area (Å²) in [7, 11) is 0. The molecule has 13 heteroatoms. The van der Waals surface area contributed by atoms with Crippen molar-refractivity contribution in [1.82, 2.24) is 19.7 Å². The van der Waals surface area contributed by atoms with Crippen LogP contribution in [0, 0.1) is 16.7 Å². The molecule has 0 aliphatic heterocycles. The number of hydrogen-bond donors (Lipinski definition) is 1. The van der Waals surface area contributed by atoms with Crippen LogP contribution in [0.15, 0.2) is 18.6 Å². The second-order valence-electron chi connectivity index (χ2n) is 11.7. The Hall–Kier alpha value is -2.66. The Morgan fingerprint density at radius 2 is 1.69 bits per heavy atom. The number of ketones is 1. The van der Waals surface area contributed by atoms with E-state index in [1.54, 1.807) is 20.8 Å². The van der Waals surface area contributed by atoms with Gasteiger partial charge in [-0.15, -0.1) is 0 Å². The van der Waals surface area contributed by atoms with E-state index >= 15 is 0 Å². The molecule has 8 nitrogen and oxygen atoms in total. The van der Waals surface area contributed by atoms with E-state index in [0.29, 0.717) is 32.1 Å². The van der Waals surface area contributed by atoms with Gasteiger partial charge >= 0.3 is 12.1 Å². The van der Waals surface area contributed by atoms with Crippen LogP contribution in [0.5, 0.6) is 0 Å². The first-order valence-corrected chi connectivity index (χ1v) is 13.3. The standard InChI is InChI=1S/C26H29Cl2F3N4O4/c1-24(2,3)13-34(12-19(36)20-17(27)10-32-11-18(20)28)22(37)15-9-33-35(21(15)26(29,30)31)14-4-6-25(7-5-14)8-16(25)23(38)39/h9-11,14,16H,4-8,12-13H2,1-3H3,(H,38,39)/t14-,16-,25-/m1/s1. The Morgan fingerprint density at radius 3 is 2.18 bits per heavy atom. The molecule has 39 heavy (non-hydrogen) atoms. The summed E-state index contributed by atoms with van der Waals surface area (Å²) in [5, 5.41) is 13.2. The maximum Gasteiger partial charge on any atom is 0.433 e. The van der Waals surface area contributed by atoms with Crippen molar-refractivity contribution < 1.29 is 32.7 Å². The molecule has 0 saturated heterocycles. The Kier molecular flexibility index (Phi) is 7.81. The fourth-order valence-corrected chi connectivity index (χ4v) is 6.20. The Bertz CT molecular complexity index is 1280. The molecule has 1 N–H and O–H groups in total. The van der Waals surface area contributed by atoms with Gasteiger partial charge in [-0.25, -0.2) is 0 Å². The summed E-state index contributed by atoms with van der Waals surface area (Å²) in [4.78, 5) is 43.0. The number of aromatic nitrogens is 3. The first kappa shape index (κ1) is 29.3. The summed E-state index contributed by atoms with van der Waals surface area (Å²) in [6.07, 6.45) is 0.588. The molecule has 1 atom stereocenters. The van der Waals surface area contributed by atoms with E-state index in [-0.39, 0.29) is 27.6 Å². The molecule has 2 aromatic rings. The third kappa shape index (κ3) is 6.09. The van der Waals surface area contributed by atoms with E-state index in [1.807, 2.05) is 0 Å². The minimum absolute atomic E-state index is 0.0249. The van der Waals surface area contributed by atoms with E-state index < -0.39 is 59.0 Å². The Balaban J connectivity index is 1.63. The van der Waals surface area contributed by atoms with Crippen LogP contribution in [-0.4, -0.2) is 55.5 Å². The molecule has 2 saturated carbocycles. The maximum atomic E-state index is 14.4. The monoisotopic (exact) mass is 588 g/mol. The number of carboxylic acid groups (broad SMARTS) is 1. The molecule has 0 unspecified atom stereocenters. The molecule has 212 valence electrons. The largest absolute Gasteiger partial charge is 0.481 e. The first-order chi connectivity index (χ1) is 18.0. The topological polar surface area (TPSA) is 105 Å². The summed E-state index contributed by atoms with van der Waals surface area (Å²) < 4.78 is 44.1. The van der Waals surface area contributed by atoms with Gasteiger partial charge in [0.2, 0.25) is 0 Å². The summed E-state index contributed by atoms with van der Waals surface area (Å²) in [6.45, 7) is 4.79. The van der Waals surface area contributed by atoms with Crippen LogP contribution in [-0.2, 0) is 11.0 Å². The van der Waals surface area contributed by atoms with E-state index in [9.17, 15) is 32.7 Å². The van der Waals surface area contributed by atoms with Gasteiger partial charge in [-0.1, -0.05) is 44.0 Å². The van der Waals surface area contributed by atoms with Crippen molar-refractivity contribution in [2.24, 2.45) is 16.7 Å². The number of carboxylic acids is 1. The number of nitrogens with zero attached hydrogens (tertiary/aromatic N) is 4. The van der Waals surface area contributed by atoms with E-state index in [2.05, 4.69) is 10.1 Å². The van der Waals surface area contributed by atoms with Crippen LogP contribution >= 0.6 is 23.2 Å². The second kappa shape index (κ2) is 10.4. The molecule has 2 aliphatic carbocycles. The molecule has 2 fully saturated rings. The Labute approximate surface area is 233 Å². The minimum Gasteiger partial charge on any atom is -0.481 e. The van der Waals surface area contributed by atoms with Crippen molar-refractivity contribution in [3.63, 3.8) is 0 Å². The zero-order chi connectivity index (χ0) is 28.9. The predicted molar refractivity (Wildman–Crippen MR) is 137 cm³/mol. The van der Waals surface area contributed by atoms with Crippen LogP contribution in [0.25, 0.3) is 0 Å². The van der Waals surface area contributed by atoms with Gasteiger partial charge in [-0.3, -0.25) is 24.0 Å². The highest BCUT2D eigenvalue weighted by Gasteiger charge is 2.59. The number of carbonyl (C=O) groups is 3. The van der Waals surface area contributed by atoms with Crippen molar-refractivity contribution in [3.05, 3.63) is 45.5 Å². The number of alkyl halides is 3. The first-order valence-electron chi connectivity index (χ1n) is 12.5. The van der Waals surface area contributed by atoms with Gasteiger partial charge < -0.3 is 10.0 Å². The highest BCUT2D eigenvalue weighted by molar-refractivity contribution is 6.39. The van der Waals surface area contributed by atoms with Crippen LogP contribution in [0.1, 0.15) is 85.3 Å². The molecule has 0 bridgehead atoms. The zero-order valence-electron chi connectivity index (χ0n) is 21.7. The van der Waals surface area contributed by atoms with Crippen molar-refractivity contribution in [3.8, 4) is 0 Å². The fourth-order valence-electron chi connectivity index (χ4n) is 5.62. The summed E-state index contributed by atoms with van der Waals surface area (Å²) in [5.41, 5.74) is -2.81. The summed E-state index contributed by atoms with van der Waals surface area (Å²) in [5.74, 6) is -2.96. The fraction of sp³-hybridized carbons (Fsp3) is 0.577. The van der Waals surface area contributed by atoms with Gasteiger partial charge in [0.05, 0.1) is 45.9 Å². The van der Waals surface area contributed by atoms with Gasteiger partial charge in [0, 0.05) is 18.9 Å². The molecule has 2 heterocycles. The van der Waals surface area contributed by atoms with Gasteiger partial charge in [-0.05, 0) is 42.9 Å². The quantitative estimate of drug-likeness (QED) is 0.387. The average molecular weight is 589 g/mol. The second-order valence-corrected chi connectivity index (χ2v) is 12.5. The smallest absolute Gasteiger partial charge is 0.433 e. The van der Waals surface area contributed by atoms with Gasteiger partial charge in [-0.2, -0.15) is 18.3 Å². The third-order valence-corrected chi connectivity index (χ3v) is 8.07. The molecule has 0 aromatic carbocycles. The highest BCUT2D eigenvalue weighted by Crippen LogP contribution is 2.62. The SMILES string of the molecule is CC(C)(C)CN(CC(=O)c1c(Cl)cncc1Cl)C(=O)c1cnn([C@H]2CC[C@]3(CC2)C[C@@H]3C(=O)O)c1C(F)(F)F. The van der Waals surface area contributed by atoms with E-state index in [0.717, 1.165) is 15.8 Å². The molecule has 2 aromatic heterocycles. The highest BCUT2D eigenvalue weighted by atomic mass is 35.5. The number of amides is 1. The lowest BCUT2D eigenvalue weighted by Crippen LogP contribution is -2.42. The predicted octanol–water partition coefficient (Wildman–Crippen LogP) is 6.18. The molecule has 4 rings (SSSR count). The van der Waals surface area contributed by atoms with Crippen LogP contribution in [0.3, 0.4) is 0 Å². The Morgan fingerprint density at radius 1 is 1.10 bits per heavy atom. The van der Waals surface area contributed by atoms with E-state index in [1.165, 1.54) is 12.4 Å². The van der Waals surface area contributed by atoms with Gasteiger partial charge in [0.1, 0.15) is 0 Å². The van der Waals surface area contributed by atoms with Gasteiger partial charge in [0.15, 0.2) is 11.5 Å². The summed E-state index contributed by atoms with van der Waals surface area (Å²) >= 11 is 12.2. The number of carbonyl (C=O) groups excluding carboxylic acids is 2. The molecule has 2 aliphatic rings. The molecule has 0 radical (unpaired) electrons. The normalized spacial score (nSPS) is 23.1. The minimum atomic E-state index is -4.89. The molecular formula is C26H29Cl2F3N4O4. The number of Topliss-reactive ketones (excluding diaryl/α,β-unsaturated/α-hetero) is 1. The average Bonchev–Trinajstić information content (AvgIpc) is 3.31. The number of halogens is 5. The van der Waals surface area contributed by atoms with Crippen LogP contribution in [0.4, 0.5) is 13.2 Å². The molecule has 1 amide bonds. The number of hydrogen-bond acceptors (Lipinski definition) is 5. The van der Waals surface area contributed by atoms with Gasteiger partial charge in [0.25, 0.3) is 5.91 Å². The van der Waals surface area contributed by atoms with Crippen molar-refractivity contribution >= 4 is 40.9 Å². The number of pyridine rings is 1. The van der Waals surface area contributed by atoms with Crippen molar-refractivity contribution in [1.29, 1.82) is 0 Å². The lowest BCUT2D eigenvalue weighted by molar-refractivity contribution is -0.145. The van der Waals surface area contributed by atoms with E-state index in [4.69, 9.17) is 23.2 Å². The van der Waals surface area contributed by atoms with Crippen molar-refractivity contribution in [2.45, 2.75) is 65.1 Å². The molecular weight excluding hydrogens is 560 g/mol. The van der Waals surface area contributed by atoms with Crippen LogP contribution < -0.4 is 0 Å². The van der Waals surface area contributed by atoms with Crippen molar-refractivity contribution in [2.75, 3.05) is 13.1 Å². The van der Waals surface area contributed by atoms with Crippen LogP contribution in [0.2, 0.25) is 10.0 Å². The maximum absolute atomic E-state index is 14.4. The number of aliphatic carboxylic acids is 1.